The highest BCUT2D eigenvalue weighted by Crippen LogP contribution is 2.45. The molecule has 0 heterocycles. The summed E-state index contributed by atoms with van der Waals surface area (Å²) in [7, 11) is 0. The second kappa shape index (κ2) is 4.18. The lowest BCUT2D eigenvalue weighted by Crippen LogP contribution is -2.31. The molecule has 92 valence electrons. The molecule has 2 rings (SSSR count). The Hall–Kier alpha value is -0.300. The van der Waals surface area contributed by atoms with E-state index in [4.69, 9.17) is 0 Å². The van der Waals surface area contributed by atoms with Crippen LogP contribution in [0.2, 0.25) is 0 Å². The van der Waals surface area contributed by atoms with Crippen molar-refractivity contribution < 1.29 is 5.11 Å². The Bertz CT molecular complexity index is 295. The van der Waals surface area contributed by atoms with Gasteiger partial charge in [0.05, 0.1) is 5.60 Å². The first kappa shape index (κ1) is 12.2. The summed E-state index contributed by atoms with van der Waals surface area (Å²) >= 11 is 0. The summed E-state index contributed by atoms with van der Waals surface area (Å²) in [6, 6.07) is 0. The van der Waals surface area contributed by atoms with Crippen LogP contribution < -0.4 is 0 Å². The lowest BCUT2D eigenvalue weighted by molar-refractivity contribution is 0.0119. The van der Waals surface area contributed by atoms with Gasteiger partial charge >= 0.3 is 0 Å². The molecule has 1 N–H and O–H groups in total. The van der Waals surface area contributed by atoms with Gasteiger partial charge in [0.25, 0.3) is 0 Å². The third-order valence-corrected chi connectivity index (χ3v) is 4.86. The molecule has 0 aliphatic heterocycles. The number of allylic oxidation sites excluding steroid dienone is 2. The molecule has 0 spiro atoms. The van der Waals surface area contributed by atoms with Crippen LogP contribution in [0.3, 0.4) is 0 Å². The highest BCUT2D eigenvalue weighted by Gasteiger charge is 2.35. The van der Waals surface area contributed by atoms with E-state index in [1.165, 1.54) is 25.7 Å². The maximum absolute atomic E-state index is 10.2. The molecule has 2 aliphatic carbocycles. The van der Waals surface area contributed by atoms with E-state index in [1.807, 2.05) is 13.8 Å². The molecule has 1 nitrogen and oxygen atoms in total. The molecule has 16 heavy (non-hydrogen) atoms. The Morgan fingerprint density at radius 3 is 2.25 bits per heavy atom. The van der Waals surface area contributed by atoms with Gasteiger partial charge in [-0.3, -0.25) is 0 Å². The lowest BCUT2D eigenvalue weighted by Gasteiger charge is -2.30. The average Bonchev–Trinajstić information content (AvgIpc) is 2.42. The van der Waals surface area contributed by atoms with Gasteiger partial charge in [-0.25, -0.2) is 0 Å². The topological polar surface area (TPSA) is 20.2 Å². The van der Waals surface area contributed by atoms with Gasteiger partial charge in [0.15, 0.2) is 0 Å². The third kappa shape index (κ3) is 2.20. The Labute approximate surface area is 99.9 Å². The van der Waals surface area contributed by atoms with Crippen molar-refractivity contribution in [2.24, 2.45) is 17.8 Å². The van der Waals surface area contributed by atoms with Crippen LogP contribution in [0.1, 0.15) is 59.8 Å². The van der Waals surface area contributed by atoms with Crippen LogP contribution in [0.25, 0.3) is 0 Å². The quantitative estimate of drug-likeness (QED) is 0.667. The molecule has 0 fully saturated rings. The minimum atomic E-state index is -0.509. The zero-order valence-corrected chi connectivity index (χ0v) is 11.2. The normalized spacial score (nSPS) is 36.2. The first-order valence-corrected chi connectivity index (χ1v) is 6.83. The van der Waals surface area contributed by atoms with Crippen molar-refractivity contribution in [1.29, 1.82) is 0 Å². The van der Waals surface area contributed by atoms with Crippen molar-refractivity contribution in [1.82, 2.24) is 0 Å². The third-order valence-electron chi connectivity index (χ3n) is 4.86. The SMILES string of the molecule is C[C@@H]1CC[C@H](C(C)(C)O)CC2=C1CC[C@@H]2C. The van der Waals surface area contributed by atoms with Crippen LogP contribution in [0.5, 0.6) is 0 Å². The second-order valence-corrected chi connectivity index (χ2v) is 6.52. The molecule has 0 bridgehead atoms. The largest absolute Gasteiger partial charge is 0.390 e. The van der Waals surface area contributed by atoms with Gasteiger partial charge < -0.3 is 5.11 Å². The highest BCUT2D eigenvalue weighted by atomic mass is 16.3. The molecule has 0 aromatic rings. The molecule has 0 aromatic heterocycles. The monoisotopic (exact) mass is 222 g/mol. The van der Waals surface area contributed by atoms with E-state index in [1.54, 1.807) is 11.1 Å². The van der Waals surface area contributed by atoms with Gasteiger partial charge in [-0.2, -0.15) is 0 Å². The van der Waals surface area contributed by atoms with Crippen molar-refractivity contribution in [3.8, 4) is 0 Å². The van der Waals surface area contributed by atoms with Gasteiger partial charge in [-0.05, 0) is 63.7 Å². The van der Waals surface area contributed by atoms with Crippen LogP contribution in [-0.2, 0) is 0 Å². The van der Waals surface area contributed by atoms with E-state index >= 15 is 0 Å². The Morgan fingerprint density at radius 2 is 1.62 bits per heavy atom. The molecular weight excluding hydrogens is 196 g/mol. The molecule has 0 saturated carbocycles. The van der Waals surface area contributed by atoms with E-state index in [0.717, 1.165) is 18.3 Å². The van der Waals surface area contributed by atoms with E-state index in [-0.39, 0.29) is 0 Å². The maximum atomic E-state index is 10.2. The minimum absolute atomic E-state index is 0.461. The average molecular weight is 222 g/mol. The van der Waals surface area contributed by atoms with E-state index in [2.05, 4.69) is 13.8 Å². The summed E-state index contributed by atoms with van der Waals surface area (Å²) in [4.78, 5) is 0. The molecule has 0 aromatic carbocycles. The van der Waals surface area contributed by atoms with E-state index < -0.39 is 5.60 Å². The first-order chi connectivity index (χ1) is 7.39. The smallest absolute Gasteiger partial charge is 0.0622 e. The fraction of sp³-hybridized carbons (Fsp3) is 0.867. The number of aliphatic hydroxyl groups is 1. The standard InChI is InChI=1S/C15H26O/c1-10-5-7-12(15(3,4)16)9-14-11(2)6-8-13(10)14/h10-12,16H,5-9H2,1-4H3/t10-,11+,12+/m1/s1. The van der Waals surface area contributed by atoms with Crippen LogP contribution >= 0.6 is 0 Å². The Morgan fingerprint density at radius 1 is 1.00 bits per heavy atom. The summed E-state index contributed by atoms with van der Waals surface area (Å²) in [5.41, 5.74) is 2.92. The predicted molar refractivity (Wildman–Crippen MR) is 68.2 cm³/mol. The summed E-state index contributed by atoms with van der Waals surface area (Å²) in [6.45, 7) is 8.70. The summed E-state index contributed by atoms with van der Waals surface area (Å²) in [5.74, 6) is 1.98. The fourth-order valence-corrected chi connectivity index (χ4v) is 3.51. The number of hydrogen-bond donors (Lipinski definition) is 1. The van der Waals surface area contributed by atoms with Gasteiger partial charge in [-0.15, -0.1) is 0 Å². The molecule has 2 aliphatic rings. The van der Waals surface area contributed by atoms with Gasteiger partial charge in [-0.1, -0.05) is 25.0 Å². The van der Waals surface area contributed by atoms with Crippen LogP contribution in [0.4, 0.5) is 0 Å². The Kier molecular flexibility index (Phi) is 3.18. The zero-order valence-electron chi connectivity index (χ0n) is 11.2. The van der Waals surface area contributed by atoms with E-state index in [0.29, 0.717) is 5.92 Å². The molecule has 0 unspecified atom stereocenters. The molecule has 0 saturated heterocycles. The summed E-state index contributed by atoms with van der Waals surface area (Å²) in [5, 5.41) is 10.2. The van der Waals surface area contributed by atoms with Crippen molar-refractivity contribution in [2.45, 2.75) is 65.4 Å². The number of hydrogen-bond acceptors (Lipinski definition) is 1. The first-order valence-electron chi connectivity index (χ1n) is 6.83. The minimum Gasteiger partial charge on any atom is -0.390 e. The Balaban J connectivity index is 2.23. The summed E-state index contributed by atoms with van der Waals surface area (Å²) < 4.78 is 0. The van der Waals surface area contributed by atoms with E-state index in [9.17, 15) is 5.11 Å². The molecule has 3 atom stereocenters. The van der Waals surface area contributed by atoms with Crippen molar-refractivity contribution in [3.63, 3.8) is 0 Å². The lowest BCUT2D eigenvalue weighted by atomic mass is 9.81. The van der Waals surface area contributed by atoms with Gasteiger partial charge in [0.1, 0.15) is 0 Å². The molecular formula is C15H26O. The fourth-order valence-electron chi connectivity index (χ4n) is 3.51. The molecule has 1 heteroatoms. The van der Waals surface area contributed by atoms with Gasteiger partial charge in [0.2, 0.25) is 0 Å². The van der Waals surface area contributed by atoms with Crippen LogP contribution in [0.15, 0.2) is 11.1 Å². The molecule has 0 radical (unpaired) electrons. The maximum Gasteiger partial charge on any atom is 0.0622 e. The zero-order chi connectivity index (χ0) is 11.9. The molecule has 0 amide bonds. The van der Waals surface area contributed by atoms with Crippen LogP contribution in [-0.4, -0.2) is 10.7 Å². The summed E-state index contributed by atoms with van der Waals surface area (Å²) in [6.07, 6.45) is 6.25. The van der Waals surface area contributed by atoms with Crippen LogP contribution in [0, 0.1) is 17.8 Å². The van der Waals surface area contributed by atoms with Crippen molar-refractivity contribution in [3.05, 3.63) is 11.1 Å². The highest BCUT2D eigenvalue weighted by molar-refractivity contribution is 5.26. The van der Waals surface area contributed by atoms with Gasteiger partial charge in [0, 0.05) is 0 Å². The number of rotatable bonds is 1. The van der Waals surface area contributed by atoms with Crippen molar-refractivity contribution >= 4 is 0 Å². The van der Waals surface area contributed by atoms with Crippen molar-refractivity contribution in [2.75, 3.05) is 0 Å². The predicted octanol–water partition coefficient (Wildman–Crippen LogP) is 3.92. The second-order valence-electron chi connectivity index (χ2n) is 6.52.